The summed E-state index contributed by atoms with van der Waals surface area (Å²) in [4.78, 5) is 16.6. The first kappa shape index (κ1) is 17.1. The summed E-state index contributed by atoms with van der Waals surface area (Å²) in [6, 6.07) is 0.829. The topological polar surface area (TPSA) is 35.6 Å². The molecule has 0 aromatic rings. The van der Waals surface area contributed by atoms with Crippen LogP contribution in [0.15, 0.2) is 0 Å². The molecule has 0 bridgehead atoms. The van der Waals surface area contributed by atoms with Crippen LogP contribution in [0.25, 0.3) is 0 Å². The summed E-state index contributed by atoms with van der Waals surface area (Å²) >= 11 is 1.95. The molecule has 112 valence electrons. The Hall–Kier alpha value is 0.0300. The van der Waals surface area contributed by atoms with Crippen molar-refractivity contribution in [1.29, 1.82) is 0 Å². The normalized spacial score (nSPS) is 25.7. The number of rotatable bonds is 3. The molecular formula is C13H26ClN3OS. The molecule has 0 saturated carbocycles. The smallest absolute Gasteiger partial charge is 0.224 e. The molecule has 2 rings (SSSR count). The standard InChI is InChI=1S/C13H25N3OS.ClH/c1-15-6-3-12(4-7-15)16(2)13(17)9-11-10-18-8-5-14-11;/h11-12,14H,3-10H2,1-2H3;1H. The van der Waals surface area contributed by atoms with Gasteiger partial charge < -0.3 is 15.1 Å². The summed E-state index contributed by atoms with van der Waals surface area (Å²) < 4.78 is 0. The third-order valence-corrected chi connectivity index (χ3v) is 5.18. The van der Waals surface area contributed by atoms with Gasteiger partial charge in [0.15, 0.2) is 0 Å². The number of hydrogen-bond acceptors (Lipinski definition) is 4. The van der Waals surface area contributed by atoms with Crippen LogP contribution in [0, 0.1) is 0 Å². The molecule has 2 heterocycles. The maximum Gasteiger partial charge on any atom is 0.224 e. The highest BCUT2D eigenvalue weighted by atomic mass is 35.5. The summed E-state index contributed by atoms with van der Waals surface area (Å²) in [5.74, 6) is 2.56. The third kappa shape index (κ3) is 5.14. The zero-order chi connectivity index (χ0) is 13.0. The van der Waals surface area contributed by atoms with E-state index in [0.29, 0.717) is 24.4 Å². The van der Waals surface area contributed by atoms with Crippen molar-refractivity contribution in [1.82, 2.24) is 15.1 Å². The molecule has 6 heteroatoms. The van der Waals surface area contributed by atoms with E-state index in [-0.39, 0.29) is 12.4 Å². The van der Waals surface area contributed by atoms with Crippen molar-refractivity contribution in [2.24, 2.45) is 0 Å². The minimum Gasteiger partial charge on any atom is -0.343 e. The number of carbonyl (C=O) groups excluding carboxylic acids is 1. The molecule has 1 amide bonds. The number of likely N-dealkylation sites (tertiary alicyclic amines) is 1. The summed E-state index contributed by atoms with van der Waals surface area (Å²) in [6.45, 7) is 3.26. The van der Waals surface area contributed by atoms with Crippen molar-refractivity contribution in [3.05, 3.63) is 0 Å². The van der Waals surface area contributed by atoms with Gasteiger partial charge >= 0.3 is 0 Å². The van der Waals surface area contributed by atoms with Gasteiger partial charge in [0.25, 0.3) is 0 Å². The summed E-state index contributed by atoms with van der Waals surface area (Å²) in [7, 11) is 4.13. The molecule has 0 aromatic heterocycles. The first-order valence-corrected chi connectivity index (χ1v) is 8.07. The van der Waals surface area contributed by atoms with E-state index in [2.05, 4.69) is 17.3 Å². The van der Waals surface area contributed by atoms with E-state index in [9.17, 15) is 4.79 Å². The maximum atomic E-state index is 12.3. The zero-order valence-corrected chi connectivity index (χ0v) is 13.6. The molecule has 1 atom stereocenters. The van der Waals surface area contributed by atoms with Crippen molar-refractivity contribution in [2.45, 2.75) is 31.3 Å². The minimum atomic E-state index is 0. The lowest BCUT2D eigenvalue weighted by Gasteiger charge is -2.36. The van der Waals surface area contributed by atoms with Gasteiger partial charge in [-0.15, -0.1) is 12.4 Å². The van der Waals surface area contributed by atoms with Crippen LogP contribution in [-0.2, 0) is 4.79 Å². The van der Waals surface area contributed by atoms with Gasteiger partial charge in [-0.2, -0.15) is 11.8 Å². The van der Waals surface area contributed by atoms with Crippen molar-refractivity contribution in [3.8, 4) is 0 Å². The summed E-state index contributed by atoms with van der Waals surface area (Å²) in [5, 5.41) is 3.44. The molecule has 2 saturated heterocycles. The van der Waals surface area contributed by atoms with Crippen molar-refractivity contribution < 1.29 is 4.79 Å². The van der Waals surface area contributed by atoms with Gasteiger partial charge in [0, 0.05) is 43.6 Å². The fraction of sp³-hybridized carbons (Fsp3) is 0.923. The van der Waals surface area contributed by atoms with Gasteiger partial charge in [-0.1, -0.05) is 0 Å². The van der Waals surface area contributed by atoms with Gasteiger partial charge in [0.05, 0.1) is 0 Å². The average Bonchev–Trinajstić information content (AvgIpc) is 2.40. The Morgan fingerprint density at radius 3 is 2.68 bits per heavy atom. The molecule has 2 fully saturated rings. The molecule has 1 unspecified atom stereocenters. The number of nitrogens with one attached hydrogen (secondary N) is 1. The van der Waals surface area contributed by atoms with Crippen molar-refractivity contribution in [3.63, 3.8) is 0 Å². The largest absolute Gasteiger partial charge is 0.343 e. The van der Waals surface area contributed by atoms with Gasteiger partial charge in [0.1, 0.15) is 0 Å². The van der Waals surface area contributed by atoms with E-state index >= 15 is 0 Å². The Morgan fingerprint density at radius 1 is 1.42 bits per heavy atom. The Bertz CT molecular complexity index is 279. The predicted octanol–water partition coefficient (Wildman–Crippen LogP) is 1.06. The van der Waals surface area contributed by atoms with Crippen LogP contribution in [0.2, 0.25) is 0 Å². The van der Waals surface area contributed by atoms with Crippen LogP contribution >= 0.6 is 24.2 Å². The molecule has 1 N–H and O–H groups in total. The minimum absolute atomic E-state index is 0. The zero-order valence-electron chi connectivity index (χ0n) is 11.9. The highest BCUT2D eigenvalue weighted by Gasteiger charge is 2.26. The first-order valence-electron chi connectivity index (χ1n) is 6.92. The highest BCUT2D eigenvalue weighted by molar-refractivity contribution is 7.99. The summed E-state index contributed by atoms with van der Waals surface area (Å²) in [6.07, 6.45) is 2.90. The van der Waals surface area contributed by atoms with Crippen LogP contribution in [0.1, 0.15) is 19.3 Å². The fourth-order valence-corrected chi connectivity index (χ4v) is 3.64. The molecule has 0 radical (unpaired) electrons. The second-order valence-corrected chi connectivity index (χ2v) is 6.62. The Balaban J connectivity index is 0.00000180. The molecule has 0 aromatic carbocycles. The van der Waals surface area contributed by atoms with Crippen LogP contribution in [0.3, 0.4) is 0 Å². The predicted molar refractivity (Wildman–Crippen MR) is 84.3 cm³/mol. The lowest BCUT2D eigenvalue weighted by Crippen LogP contribution is -2.47. The van der Waals surface area contributed by atoms with Gasteiger partial charge in [-0.3, -0.25) is 4.79 Å². The number of carbonyl (C=O) groups is 1. The molecule has 4 nitrogen and oxygen atoms in total. The average molecular weight is 308 g/mol. The number of hydrogen-bond donors (Lipinski definition) is 1. The lowest BCUT2D eigenvalue weighted by molar-refractivity contribution is -0.133. The fourth-order valence-electron chi connectivity index (χ4n) is 2.69. The Labute approximate surface area is 127 Å². The second kappa shape index (κ2) is 8.35. The van der Waals surface area contributed by atoms with E-state index in [4.69, 9.17) is 0 Å². The van der Waals surface area contributed by atoms with Gasteiger partial charge in [0.2, 0.25) is 5.91 Å². The molecule has 19 heavy (non-hydrogen) atoms. The van der Waals surface area contributed by atoms with E-state index in [1.165, 1.54) is 5.75 Å². The third-order valence-electron chi connectivity index (χ3n) is 4.05. The van der Waals surface area contributed by atoms with E-state index in [1.54, 1.807) is 0 Å². The van der Waals surface area contributed by atoms with Crippen LogP contribution in [-0.4, -0.2) is 73.0 Å². The first-order chi connectivity index (χ1) is 8.66. The van der Waals surface area contributed by atoms with Crippen molar-refractivity contribution >= 4 is 30.1 Å². The van der Waals surface area contributed by atoms with Gasteiger partial charge in [-0.05, 0) is 33.0 Å². The molecule has 0 spiro atoms. The second-order valence-electron chi connectivity index (χ2n) is 5.47. The quantitative estimate of drug-likeness (QED) is 0.846. The molecule has 2 aliphatic rings. The summed E-state index contributed by atoms with van der Waals surface area (Å²) in [5.41, 5.74) is 0. The maximum absolute atomic E-state index is 12.3. The van der Waals surface area contributed by atoms with E-state index < -0.39 is 0 Å². The number of nitrogens with zero attached hydrogens (tertiary/aromatic N) is 2. The molecule has 2 aliphatic heterocycles. The number of thioether (sulfide) groups is 1. The van der Waals surface area contributed by atoms with Crippen LogP contribution in [0.4, 0.5) is 0 Å². The van der Waals surface area contributed by atoms with Crippen LogP contribution in [0.5, 0.6) is 0 Å². The lowest BCUT2D eigenvalue weighted by atomic mass is 10.0. The van der Waals surface area contributed by atoms with Gasteiger partial charge in [-0.25, -0.2) is 0 Å². The number of halogens is 1. The number of amides is 1. The van der Waals surface area contributed by atoms with E-state index in [0.717, 1.165) is 38.2 Å². The molecular weight excluding hydrogens is 282 g/mol. The molecule has 0 aliphatic carbocycles. The SMILES string of the molecule is CN1CCC(N(C)C(=O)CC2CSCCN2)CC1.Cl. The monoisotopic (exact) mass is 307 g/mol. The Morgan fingerprint density at radius 2 is 2.11 bits per heavy atom. The van der Waals surface area contributed by atoms with Crippen molar-refractivity contribution in [2.75, 3.05) is 45.2 Å². The highest BCUT2D eigenvalue weighted by Crippen LogP contribution is 2.17. The number of piperidine rings is 1. The van der Waals surface area contributed by atoms with E-state index in [1.807, 2.05) is 23.7 Å². The van der Waals surface area contributed by atoms with Crippen LogP contribution < -0.4 is 5.32 Å². The Kier molecular flexibility index (Phi) is 7.50.